The predicted molar refractivity (Wildman–Crippen MR) is 69.9 cm³/mol. The molecule has 0 atom stereocenters. The van der Waals surface area contributed by atoms with Gasteiger partial charge in [0.15, 0.2) is 0 Å². The molecule has 0 fully saturated rings. The van der Waals surface area contributed by atoms with Crippen molar-refractivity contribution >= 4 is 21.9 Å². The monoisotopic (exact) mass is 341 g/mol. The molecular formula is C11H15BrF3N3O. The van der Waals surface area contributed by atoms with Gasteiger partial charge in [-0.25, -0.2) is 4.98 Å². The van der Waals surface area contributed by atoms with Crippen LogP contribution in [0.15, 0.2) is 12.3 Å². The second kappa shape index (κ2) is 7.52. The number of alkyl halides is 4. The van der Waals surface area contributed by atoms with Crippen LogP contribution in [0.4, 0.5) is 19.1 Å². The number of ether oxygens (including phenoxy) is 1. The maximum atomic E-state index is 12.5. The van der Waals surface area contributed by atoms with Crippen LogP contribution >= 0.6 is 15.9 Å². The van der Waals surface area contributed by atoms with Gasteiger partial charge in [-0.1, -0.05) is 22.9 Å². The Balaban J connectivity index is 2.83. The summed E-state index contributed by atoms with van der Waals surface area (Å²) >= 11 is 3.12. The van der Waals surface area contributed by atoms with E-state index in [1.54, 1.807) is 0 Å². The maximum Gasteiger partial charge on any atom is 0.406 e. The number of nitrogens with zero attached hydrogens (tertiary/aromatic N) is 3. The third-order valence-electron chi connectivity index (χ3n) is 2.08. The summed E-state index contributed by atoms with van der Waals surface area (Å²) in [6, 6.07) is 1.53. The van der Waals surface area contributed by atoms with Crippen molar-refractivity contribution in [2.75, 3.05) is 29.9 Å². The van der Waals surface area contributed by atoms with Gasteiger partial charge >= 0.3 is 6.18 Å². The molecule has 1 aromatic rings. The predicted octanol–water partition coefficient (Wildman–Crippen LogP) is 3.03. The van der Waals surface area contributed by atoms with Crippen LogP contribution in [0.25, 0.3) is 0 Å². The van der Waals surface area contributed by atoms with Crippen LogP contribution in [0.3, 0.4) is 0 Å². The molecular weight excluding hydrogens is 327 g/mol. The van der Waals surface area contributed by atoms with Crippen molar-refractivity contribution < 1.29 is 17.9 Å². The maximum absolute atomic E-state index is 12.5. The van der Waals surface area contributed by atoms with E-state index < -0.39 is 12.7 Å². The van der Waals surface area contributed by atoms with E-state index in [0.717, 1.165) is 11.3 Å². The fourth-order valence-electron chi connectivity index (χ4n) is 1.34. The van der Waals surface area contributed by atoms with E-state index in [4.69, 9.17) is 4.74 Å². The Bertz CT molecular complexity index is 390. The third-order valence-corrected chi connectivity index (χ3v) is 2.43. The summed E-state index contributed by atoms with van der Waals surface area (Å²) in [6.07, 6.45) is -2.11. The van der Waals surface area contributed by atoms with Gasteiger partial charge in [-0.05, 0) is 6.42 Å². The van der Waals surface area contributed by atoms with Crippen molar-refractivity contribution in [2.45, 2.75) is 19.5 Å². The summed E-state index contributed by atoms with van der Waals surface area (Å²) in [7, 11) is 0. The number of halogens is 4. The highest BCUT2D eigenvalue weighted by Gasteiger charge is 2.31. The highest BCUT2D eigenvalue weighted by atomic mass is 79.9. The van der Waals surface area contributed by atoms with E-state index >= 15 is 0 Å². The molecule has 0 N–H and O–H groups in total. The van der Waals surface area contributed by atoms with Gasteiger partial charge in [0.2, 0.25) is 11.8 Å². The minimum absolute atomic E-state index is 0.0189. The molecule has 4 nitrogen and oxygen atoms in total. The molecule has 1 heterocycles. The zero-order valence-corrected chi connectivity index (χ0v) is 12.0. The molecule has 0 aliphatic rings. The Kier molecular flexibility index (Phi) is 6.33. The van der Waals surface area contributed by atoms with E-state index in [9.17, 15) is 13.2 Å². The summed E-state index contributed by atoms with van der Waals surface area (Å²) in [4.78, 5) is 8.91. The number of hydrogen-bond acceptors (Lipinski definition) is 4. The molecule has 0 saturated carbocycles. The summed E-state index contributed by atoms with van der Waals surface area (Å²) in [6.45, 7) is 1.48. The van der Waals surface area contributed by atoms with Gasteiger partial charge in [-0.15, -0.1) is 0 Å². The fourth-order valence-corrected chi connectivity index (χ4v) is 1.77. The van der Waals surface area contributed by atoms with Gasteiger partial charge in [0.05, 0.1) is 6.61 Å². The first kappa shape index (κ1) is 16.0. The minimum atomic E-state index is -4.30. The molecule has 0 aromatic carbocycles. The number of rotatable bonds is 7. The molecule has 1 rings (SSSR count). The van der Waals surface area contributed by atoms with Crippen molar-refractivity contribution in [1.29, 1.82) is 0 Å². The van der Waals surface area contributed by atoms with Crippen LogP contribution < -0.4 is 9.64 Å². The zero-order valence-electron chi connectivity index (χ0n) is 10.5. The largest absolute Gasteiger partial charge is 0.478 e. The summed E-state index contributed by atoms with van der Waals surface area (Å²) < 4.78 is 42.7. The average Bonchev–Trinajstić information content (AvgIpc) is 2.35. The molecule has 0 aliphatic heterocycles. The standard InChI is InChI=1S/C11H15BrF3N3O/c1-2-7-19-9-3-5-16-10(17-9)18(6-4-12)8-11(13,14)15/h3,5H,2,4,6-8H2,1H3. The molecule has 0 saturated heterocycles. The molecule has 0 unspecified atom stereocenters. The van der Waals surface area contributed by atoms with E-state index in [0.29, 0.717) is 11.9 Å². The lowest BCUT2D eigenvalue weighted by Crippen LogP contribution is -2.36. The van der Waals surface area contributed by atoms with Gasteiger partial charge in [0.1, 0.15) is 6.54 Å². The Labute approximate surface area is 118 Å². The summed E-state index contributed by atoms with van der Waals surface area (Å²) in [5, 5.41) is 0.395. The van der Waals surface area contributed by atoms with Crippen LogP contribution in [0.5, 0.6) is 5.88 Å². The second-order valence-electron chi connectivity index (χ2n) is 3.77. The molecule has 108 valence electrons. The number of hydrogen-bond donors (Lipinski definition) is 0. The first-order valence-electron chi connectivity index (χ1n) is 5.79. The van der Waals surface area contributed by atoms with Gasteiger partial charge < -0.3 is 9.64 Å². The van der Waals surface area contributed by atoms with Crippen molar-refractivity contribution in [3.8, 4) is 5.88 Å². The minimum Gasteiger partial charge on any atom is -0.478 e. The molecule has 8 heteroatoms. The molecule has 1 aromatic heterocycles. The lowest BCUT2D eigenvalue weighted by molar-refractivity contribution is -0.119. The number of aromatic nitrogens is 2. The fraction of sp³-hybridized carbons (Fsp3) is 0.636. The normalized spacial score (nSPS) is 11.4. The molecule has 19 heavy (non-hydrogen) atoms. The molecule has 0 amide bonds. The Morgan fingerprint density at radius 1 is 1.42 bits per heavy atom. The van der Waals surface area contributed by atoms with E-state index in [2.05, 4.69) is 25.9 Å². The lowest BCUT2D eigenvalue weighted by Gasteiger charge is -2.23. The van der Waals surface area contributed by atoms with Crippen LogP contribution in [-0.2, 0) is 0 Å². The Morgan fingerprint density at radius 3 is 2.74 bits per heavy atom. The average molecular weight is 342 g/mol. The topological polar surface area (TPSA) is 38.2 Å². The molecule has 0 bridgehead atoms. The lowest BCUT2D eigenvalue weighted by atomic mass is 10.5. The number of anilines is 1. The van der Waals surface area contributed by atoms with E-state index in [1.165, 1.54) is 12.3 Å². The highest BCUT2D eigenvalue weighted by Crippen LogP contribution is 2.20. The van der Waals surface area contributed by atoms with Crippen molar-refractivity contribution in [3.05, 3.63) is 12.3 Å². The van der Waals surface area contributed by atoms with Crippen molar-refractivity contribution in [3.63, 3.8) is 0 Å². The van der Waals surface area contributed by atoms with Gasteiger partial charge in [0, 0.05) is 24.1 Å². The van der Waals surface area contributed by atoms with E-state index in [-0.39, 0.29) is 18.4 Å². The van der Waals surface area contributed by atoms with Gasteiger partial charge in [0.25, 0.3) is 0 Å². The summed E-state index contributed by atoms with van der Waals surface area (Å²) in [5.41, 5.74) is 0. The van der Waals surface area contributed by atoms with E-state index in [1.807, 2.05) is 6.92 Å². The van der Waals surface area contributed by atoms with Gasteiger partial charge in [-0.2, -0.15) is 18.2 Å². The van der Waals surface area contributed by atoms with Crippen molar-refractivity contribution in [2.24, 2.45) is 0 Å². The quantitative estimate of drug-likeness (QED) is 0.714. The third kappa shape index (κ3) is 6.09. The van der Waals surface area contributed by atoms with Crippen LogP contribution in [0.1, 0.15) is 13.3 Å². The first-order valence-corrected chi connectivity index (χ1v) is 6.92. The SMILES string of the molecule is CCCOc1ccnc(N(CCBr)CC(F)(F)F)n1. The van der Waals surface area contributed by atoms with Gasteiger partial charge in [-0.3, -0.25) is 0 Å². The van der Waals surface area contributed by atoms with Crippen molar-refractivity contribution in [1.82, 2.24) is 9.97 Å². The smallest absolute Gasteiger partial charge is 0.406 e. The zero-order chi connectivity index (χ0) is 14.3. The van der Waals surface area contributed by atoms with Crippen LogP contribution in [0, 0.1) is 0 Å². The Morgan fingerprint density at radius 2 is 2.16 bits per heavy atom. The van der Waals surface area contributed by atoms with Crippen LogP contribution in [0.2, 0.25) is 0 Å². The van der Waals surface area contributed by atoms with Crippen LogP contribution in [-0.4, -0.2) is 41.2 Å². The first-order chi connectivity index (χ1) is 8.96. The summed E-state index contributed by atoms with van der Waals surface area (Å²) in [5.74, 6) is 0.305. The Hall–Kier alpha value is -1.05. The molecule has 0 spiro atoms. The second-order valence-corrected chi connectivity index (χ2v) is 4.56. The molecule has 0 aliphatic carbocycles. The highest BCUT2D eigenvalue weighted by molar-refractivity contribution is 9.09. The molecule has 0 radical (unpaired) electrons.